The summed E-state index contributed by atoms with van der Waals surface area (Å²) >= 11 is 2.02. The Hall–Kier alpha value is -0.330. The Morgan fingerprint density at radius 3 is 2.56 bits per heavy atom. The van der Waals surface area contributed by atoms with Crippen molar-refractivity contribution >= 4 is 34.5 Å². The summed E-state index contributed by atoms with van der Waals surface area (Å²) in [6.07, 6.45) is 1.60. The molecule has 1 saturated heterocycles. The molecule has 16 heavy (non-hydrogen) atoms. The second-order valence-electron chi connectivity index (χ2n) is 4.91. The van der Waals surface area contributed by atoms with Crippen LogP contribution in [0.1, 0.15) is 33.6 Å². The third-order valence-electron chi connectivity index (χ3n) is 2.37. The number of halogens is 1. The number of nitrogens with zero attached hydrogens (tertiary/aromatic N) is 1. The first-order chi connectivity index (χ1) is 7.35. The largest absolute Gasteiger partial charge is 0.458 e. The number of carbonyl (C=O) groups excluding carboxylic acids is 2. The minimum absolute atomic E-state index is 0.0222. The fourth-order valence-electron chi connectivity index (χ4n) is 1.76. The van der Waals surface area contributed by atoms with Gasteiger partial charge in [0.2, 0.25) is 5.91 Å². The summed E-state index contributed by atoms with van der Waals surface area (Å²) in [7, 11) is 0. The standard InChI is InChI=1S/C11H18INO3/c1-11(2,3)16-10(15)8-5-4-6-13(8)9(14)7-12/h8H,4-7H2,1-3H3/t8-/m0/s1. The molecule has 0 saturated carbocycles. The molecule has 0 bridgehead atoms. The van der Waals surface area contributed by atoms with Gasteiger partial charge in [0.15, 0.2) is 0 Å². The van der Waals surface area contributed by atoms with Crippen molar-refractivity contribution in [3.63, 3.8) is 0 Å². The zero-order valence-electron chi connectivity index (χ0n) is 9.96. The highest BCUT2D eigenvalue weighted by molar-refractivity contribution is 14.1. The molecule has 92 valence electrons. The van der Waals surface area contributed by atoms with Gasteiger partial charge in [-0.1, -0.05) is 22.6 Å². The number of likely N-dealkylation sites (tertiary alicyclic amines) is 1. The van der Waals surface area contributed by atoms with Crippen LogP contribution in [0.2, 0.25) is 0 Å². The van der Waals surface area contributed by atoms with Gasteiger partial charge in [0, 0.05) is 6.54 Å². The highest BCUT2D eigenvalue weighted by atomic mass is 127. The number of esters is 1. The van der Waals surface area contributed by atoms with Gasteiger partial charge in [-0.2, -0.15) is 0 Å². The second kappa shape index (κ2) is 5.33. The molecule has 0 aromatic heterocycles. The van der Waals surface area contributed by atoms with Gasteiger partial charge in [-0.25, -0.2) is 4.79 Å². The van der Waals surface area contributed by atoms with Gasteiger partial charge in [0.25, 0.3) is 0 Å². The van der Waals surface area contributed by atoms with Crippen molar-refractivity contribution in [3.05, 3.63) is 0 Å². The van der Waals surface area contributed by atoms with Crippen molar-refractivity contribution in [2.24, 2.45) is 0 Å². The van der Waals surface area contributed by atoms with E-state index in [0.717, 1.165) is 12.8 Å². The van der Waals surface area contributed by atoms with E-state index in [-0.39, 0.29) is 17.9 Å². The van der Waals surface area contributed by atoms with Crippen LogP contribution in [0, 0.1) is 0 Å². The number of ether oxygens (including phenoxy) is 1. The zero-order chi connectivity index (χ0) is 12.3. The van der Waals surface area contributed by atoms with E-state index in [0.29, 0.717) is 11.0 Å². The van der Waals surface area contributed by atoms with E-state index in [4.69, 9.17) is 4.74 Å². The van der Waals surface area contributed by atoms with E-state index >= 15 is 0 Å². The molecule has 1 heterocycles. The average molecular weight is 339 g/mol. The van der Waals surface area contributed by atoms with Crippen LogP contribution < -0.4 is 0 Å². The van der Waals surface area contributed by atoms with Gasteiger partial charge in [-0.05, 0) is 33.6 Å². The van der Waals surface area contributed by atoms with E-state index in [9.17, 15) is 9.59 Å². The van der Waals surface area contributed by atoms with Crippen molar-refractivity contribution < 1.29 is 14.3 Å². The SMILES string of the molecule is CC(C)(C)OC(=O)[C@@H]1CCCN1C(=O)CI. The molecule has 1 aliphatic rings. The van der Waals surface area contributed by atoms with E-state index in [2.05, 4.69) is 0 Å². The van der Waals surface area contributed by atoms with Crippen LogP contribution in [-0.2, 0) is 14.3 Å². The summed E-state index contributed by atoms with van der Waals surface area (Å²) in [5, 5.41) is 0. The van der Waals surface area contributed by atoms with Gasteiger partial charge in [-0.3, -0.25) is 4.79 Å². The number of hydrogen-bond acceptors (Lipinski definition) is 3. The molecule has 5 heteroatoms. The predicted octanol–water partition coefficient (Wildman–Crippen LogP) is 1.75. The third-order valence-corrected chi connectivity index (χ3v) is 3.02. The average Bonchev–Trinajstić information content (AvgIpc) is 2.62. The molecule has 0 spiro atoms. The number of amides is 1. The minimum atomic E-state index is -0.487. The van der Waals surface area contributed by atoms with E-state index in [1.54, 1.807) is 4.90 Å². The molecule has 1 fully saturated rings. The van der Waals surface area contributed by atoms with Gasteiger partial charge >= 0.3 is 5.97 Å². The van der Waals surface area contributed by atoms with Crippen LogP contribution in [-0.4, -0.2) is 39.4 Å². The summed E-state index contributed by atoms with van der Waals surface area (Å²) in [5.74, 6) is -0.253. The topological polar surface area (TPSA) is 46.6 Å². The molecular formula is C11H18INO3. The van der Waals surface area contributed by atoms with Gasteiger partial charge < -0.3 is 9.64 Å². The van der Waals surface area contributed by atoms with E-state index in [1.165, 1.54) is 0 Å². The molecule has 1 rings (SSSR count). The van der Waals surface area contributed by atoms with Gasteiger partial charge in [0.1, 0.15) is 11.6 Å². The second-order valence-corrected chi connectivity index (χ2v) is 5.68. The van der Waals surface area contributed by atoms with Crippen LogP contribution in [0.3, 0.4) is 0 Å². The monoisotopic (exact) mass is 339 g/mol. The van der Waals surface area contributed by atoms with E-state index < -0.39 is 5.60 Å². The normalized spacial score (nSPS) is 21.0. The van der Waals surface area contributed by atoms with Crippen molar-refractivity contribution in [1.82, 2.24) is 4.90 Å². The van der Waals surface area contributed by atoms with Crippen molar-refractivity contribution in [2.75, 3.05) is 11.0 Å². The van der Waals surface area contributed by atoms with Gasteiger partial charge in [-0.15, -0.1) is 0 Å². The quantitative estimate of drug-likeness (QED) is 0.438. The first-order valence-corrected chi connectivity index (χ1v) is 6.96. The predicted molar refractivity (Wildman–Crippen MR) is 69.5 cm³/mol. The molecule has 0 aliphatic carbocycles. The molecule has 4 nitrogen and oxygen atoms in total. The lowest BCUT2D eigenvalue weighted by Crippen LogP contribution is -2.44. The highest BCUT2D eigenvalue weighted by Gasteiger charge is 2.36. The third kappa shape index (κ3) is 3.61. The lowest BCUT2D eigenvalue weighted by atomic mass is 10.1. The van der Waals surface area contributed by atoms with Crippen molar-refractivity contribution in [2.45, 2.75) is 45.3 Å². The zero-order valence-corrected chi connectivity index (χ0v) is 12.1. The summed E-state index contributed by atoms with van der Waals surface area (Å²) in [4.78, 5) is 25.1. The maximum Gasteiger partial charge on any atom is 0.329 e. The Morgan fingerprint density at radius 1 is 1.44 bits per heavy atom. The molecule has 1 atom stereocenters. The van der Waals surface area contributed by atoms with Crippen LogP contribution in [0.4, 0.5) is 0 Å². The summed E-state index contributed by atoms with van der Waals surface area (Å²) in [6, 6.07) is -0.374. The number of carbonyl (C=O) groups is 2. The molecule has 0 unspecified atom stereocenters. The maximum absolute atomic E-state index is 11.9. The van der Waals surface area contributed by atoms with Crippen LogP contribution >= 0.6 is 22.6 Å². The molecule has 0 N–H and O–H groups in total. The Morgan fingerprint density at radius 2 is 2.06 bits per heavy atom. The van der Waals surface area contributed by atoms with Crippen LogP contribution in [0.15, 0.2) is 0 Å². The van der Waals surface area contributed by atoms with Crippen molar-refractivity contribution in [3.8, 4) is 0 Å². The Bertz CT molecular complexity index is 285. The van der Waals surface area contributed by atoms with Crippen molar-refractivity contribution in [1.29, 1.82) is 0 Å². The fraction of sp³-hybridized carbons (Fsp3) is 0.818. The van der Waals surface area contributed by atoms with E-state index in [1.807, 2.05) is 43.4 Å². The number of hydrogen-bond donors (Lipinski definition) is 0. The summed E-state index contributed by atoms with van der Waals surface area (Å²) < 4.78 is 5.73. The minimum Gasteiger partial charge on any atom is -0.458 e. The lowest BCUT2D eigenvalue weighted by molar-refractivity contribution is -0.162. The Labute approximate surface area is 110 Å². The number of alkyl halides is 1. The lowest BCUT2D eigenvalue weighted by Gasteiger charge is -2.27. The van der Waals surface area contributed by atoms with Crippen LogP contribution in [0.5, 0.6) is 0 Å². The maximum atomic E-state index is 11.9. The Balaban J connectivity index is 2.65. The number of rotatable bonds is 2. The first kappa shape index (κ1) is 13.7. The molecule has 0 radical (unpaired) electrons. The molecule has 0 aromatic rings. The smallest absolute Gasteiger partial charge is 0.329 e. The molecular weight excluding hydrogens is 321 g/mol. The fourth-order valence-corrected chi connectivity index (χ4v) is 2.19. The summed E-state index contributed by atoms with van der Waals surface area (Å²) in [6.45, 7) is 6.19. The summed E-state index contributed by atoms with van der Waals surface area (Å²) in [5.41, 5.74) is -0.487. The van der Waals surface area contributed by atoms with Crippen LogP contribution in [0.25, 0.3) is 0 Å². The molecule has 1 amide bonds. The van der Waals surface area contributed by atoms with Gasteiger partial charge in [0.05, 0.1) is 4.43 Å². The highest BCUT2D eigenvalue weighted by Crippen LogP contribution is 2.21. The first-order valence-electron chi connectivity index (χ1n) is 5.43. The molecule has 0 aromatic carbocycles. The Kier molecular flexibility index (Phi) is 4.58. The molecule has 1 aliphatic heterocycles.